The van der Waals surface area contributed by atoms with Crippen LogP contribution in [0.4, 0.5) is 0 Å². The molecule has 0 aromatic carbocycles. The molecule has 0 spiro atoms. The Hall–Kier alpha value is -3.27. The third kappa shape index (κ3) is 64.3. The van der Waals surface area contributed by atoms with Gasteiger partial charge < -0.3 is 33.3 Å². The van der Waals surface area contributed by atoms with Crippen molar-refractivity contribution in [3.8, 4) is 0 Å². The Labute approximate surface area is 507 Å². The molecule has 0 aromatic rings. The van der Waals surface area contributed by atoms with Crippen molar-refractivity contribution in [2.45, 2.75) is 328 Å². The first kappa shape index (κ1) is 78.7. The molecule has 0 saturated carbocycles. The summed E-state index contributed by atoms with van der Waals surface area (Å²) in [7, 11) is 5.91. The molecule has 0 rings (SSSR count). The van der Waals surface area contributed by atoms with Crippen LogP contribution in [-0.4, -0.2) is 82.3 Å². The lowest BCUT2D eigenvalue weighted by Crippen LogP contribution is -2.44. The maximum atomic E-state index is 12.9. The summed E-state index contributed by atoms with van der Waals surface area (Å²) in [6.07, 6.45) is 81.6. The smallest absolute Gasteiger partial charge is 0.306 e. The number of allylic oxidation sites excluding steroid dienone is 12. The number of carbonyl (C=O) groups excluding carboxylic acids is 3. The van der Waals surface area contributed by atoms with Crippen molar-refractivity contribution in [1.82, 2.24) is 0 Å². The van der Waals surface area contributed by atoms with Crippen LogP contribution in [0.15, 0.2) is 72.9 Å². The molecule has 476 valence electrons. The molecule has 2 atom stereocenters. The number of hydrogen-bond acceptors (Lipinski definition) is 8. The van der Waals surface area contributed by atoms with Crippen molar-refractivity contribution >= 4 is 17.9 Å². The summed E-state index contributed by atoms with van der Waals surface area (Å²) in [5, 5.41) is 11.8. The second-order valence-corrected chi connectivity index (χ2v) is 24.4. The van der Waals surface area contributed by atoms with Crippen LogP contribution in [0.1, 0.15) is 316 Å². The number of unbranched alkanes of at least 4 members (excludes halogenated alkanes) is 37. The zero-order valence-corrected chi connectivity index (χ0v) is 54.4. The van der Waals surface area contributed by atoms with Crippen LogP contribution in [0.25, 0.3) is 0 Å². The van der Waals surface area contributed by atoms with Gasteiger partial charge in [0.15, 0.2) is 12.4 Å². The zero-order valence-electron chi connectivity index (χ0n) is 54.4. The van der Waals surface area contributed by atoms with Gasteiger partial charge in [-0.15, -0.1) is 0 Å². The third-order valence-electron chi connectivity index (χ3n) is 15.2. The summed E-state index contributed by atoms with van der Waals surface area (Å²) in [6, 6.07) is 0. The fraction of sp³-hybridized carbons (Fsp3) is 0.795. The first-order valence-electron chi connectivity index (χ1n) is 34.6. The van der Waals surface area contributed by atoms with Gasteiger partial charge in [-0.3, -0.25) is 9.59 Å². The number of carboxylic acid groups (broad SMARTS) is 1. The SMILES string of the molecule is CC/C=C\C/C=C\C/C=C\C/C=C\C/C=C\C/C=C\CCCCC(=O)OC(COC(=O)CCCCCCCCCCCCCCCCCCCCCCCCCCCCCCCCCCCCCC)COC(OCC[N+](C)(C)C)C(=O)[O-]. The molecular weight excluding hydrogens is 1020 g/mol. The molecule has 0 heterocycles. The molecular formula is C73H131NO8. The molecule has 9 heteroatoms. The fourth-order valence-electron chi connectivity index (χ4n) is 9.96. The second-order valence-electron chi connectivity index (χ2n) is 24.4. The van der Waals surface area contributed by atoms with Crippen molar-refractivity contribution in [3.05, 3.63) is 72.9 Å². The van der Waals surface area contributed by atoms with Gasteiger partial charge in [0, 0.05) is 12.8 Å². The quantitative estimate of drug-likeness (QED) is 0.0195. The van der Waals surface area contributed by atoms with Crippen LogP contribution in [-0.2, 0) is 33.3 Å². The van der Waals surface area contributed by atoms with E-state index in [0.717, 1.165) is 70.6 Å². The Morgan fingerprint density at radius 1 is 0.378 bits per heavy atom. The highest BCUT2D eigenvalue weighted by Gasteiger charge is 2.22. The minimum atomic E-state index is -1.64. The minimum Gasteiger partial charge on any atom is -0.545 e. The van der Waals surface area contributed by atoms with E-state index in [0.29, 0.717) is 17.4 Å². The number of carboxylic acids is 1. The van der Waals surface area contributed by atoms with Crippen molar-refractivity contribution in [2.75, 3.05) is 47.5 Å². The molecule has 0 fully saturated rings. The van der Waals surface area contributed by atoms with Crippen LogP contribution in [0, 0.1) is 0 Å². The lowest BCUT2D eigenvalue weighted by Gasteiger charge is -2.26. The van der Waals surface area contributed by atoms with Crippen LogP contribution in [0.2, 0.25) is 0 Å². The Balaban J connectivity index is 4.06. The number of carbonyl (C=O) groups is 3. The van der Waals surface area contributed by atoms with Crippen molar-refractivity contribution in [3.63, 3.8) is 0 Å². The van der Waals surface area contributed by atoms with Gasteiger partial charge in [0.1, 0.15) is 13.2 Å². The van der Waals surface area contributed by atoms with Crippen LogP contribution in [0.5, 0.6) is 0 Å². The number of hydrogen-bond donors (Lipinski definition) is 0. The number of rotatable bonds is 64. The van der Waals surface area contributed by atoms with Crippen LogP contribution >= 0.6 is 0 Å². The highest BCUT2D eigenvalue weighted by molar-refractivity contribution is 5.70. The van der Waals surface area contributed by atoms with Crippen molar-refractivity contribution < 1.29 is 42.9 Å². The predicted molar refractivity (Wildman–Crippen MR) is 348 cm³/mol. The second kappa shape index (κ2) is 63.7. The summed E-state index contributed by atoms with van der Waals surface area (Å²) < 4.78 is 22.7. The molecule has 0 bridgehead atoms. The van der Waals surface area contributed by atoms with Gasteiger partial charge in [0.05, 0.1) is 40.3 Å². The summed E-state index contributed by atoms with van der Waals surface area (Å²) >= 11 is 0. The fourth-order valence-corrected chi connectivity index (χ4v) is 9.96. The molecule has 0 aliphatic carbocycles. The average Bonchev–Trinajstić information content (AvgIpc) is 3.47. The first-order chi connectivity index (χ1) is 40.1. The highest BCUT2D eigenvalue weighted by atomic mass is 16.7. The molecule has 9 nitrogen and oxygen atoms in total. The summed E-state index contributed by atoms with van der Waals surface area (Å²) in [5.74, 6) is -2.33. The lowest BCUT2D eigenvalue weighted by atomic mass is 10.0. The van der Waals surface area contributed by atoms with E-state index in [2.05, 4.69) is 86.8 Å². The Morgan fingerprint density at radius 2 is 0.695 bits per heavy atom. The number of esters is 2. The normalized spacial score (nSPS) is 13.1. The first-order valence-corrected chi connectivity index (χ1v) is 34.6. The molecule has 0 saturated heterocycles. The van der Waals surface area contributed by atoms with E-state index in [1.165, 1.54) is 212 Å². The standard InChI is InChI=1S/C73H131NO8/c1-6-8-10-12-14-16-18-20-22-24-26-28-29-30-31-32-33-34-35-36-37-38-39-40-41-42-44-45-47-49-51-53-55-57-59-61-63-70(75)80-67-69(68-81-73(72(77)78)79-66-65-74(3,4)5)82-71(76)64-62-60-58-56-54-52-50-48-46-43-27-25-23-21-19-17-15-13-11-9-7-2/h9,11,15,17,21,23,27,43,48,50,54,56,69,73H,6-8,10,12-14,16,18-20,22,24-26,28-42,44-47,49,51-53,55,57-68H2,1-5H3/b11-9-,17-15-,23-21-,43-27-,50-48-,56-54-. The average molecular weight is 1150 g/mol. The van der Waals surface area contributed by atoms with E-state index in [9.17, 15) is 19.5 Å². The maximum Gasteiger partial charge on any atom is 0.306 e. The van der Waals surface area contributed by atoms with Gasteiger partial charge in [-0.25, -0.2) is 0 Å². The number of ether oxygens (including phenoxy) is 4. The van der Waals surface area contributed by atoms with Crippen molar-refractivity contribution in [2.24, 2.45) is 0 Å². The molecule has 82 heavy (non-hydrogen) atoms. The number of quaternary nitrogens is 1. The van der Waals surface area contributed by atoms with Gasteiger partial charge in [-0.1, -0.05) is 311 Å². The minimum absolute atomic E-state index is 0.137. The number of likely N-dealkylation sites (N-methyl/N-ethyl adjacent to an activating group) is 1. The van der Waals surface area contributed by atoms with E-state index in [1.54, 1.807) is 0 Å². The molecule has 0 aliphatic heterocycles. The third-order valence-corrected chi connectivity index (χ3v) is 15.2. The van der Waals surface area contributed by atoms with E-state index in [4.69, 9.17) is 18.9 Å². The molecule has 0 aliphatic rings. The van der Waals surface area contributed by atoms with Crippen molar-refractivity contribution in [1.29, 1.82) is 0 Å². The van der Waals surface area contributed by atoms with Gasteiger partial charge >= 0.3 is 11.9 Å². The van der Waals surface area contributed by atoms with Crippen LogP contribution in [0.3, 0.4) is 0 Å². The summed E-state index contributed by atoms with van der Waals surface area (Å²) in [4.78, 5) is 37.4. The van der Waals surface area contributed by atoms with Gasteiger partial charge in [0.2, 0.25) is 0 Å². The largest absolute Gasteiger partial charge is 0.545 e. The molecule has 0 N–H and O–H groups in total. The van der Waals surface area contributed by atoms with Gasteiger partial charge in [0.25, 0.3) is 0 Å². The molecule has 0 amide bonds. The zero-order chi connectivity index (χ0) is 59.8. The Morgan fingerprint density at radius 3 is 1.04 bits per heavy atom. The topological polar surface area (TPSA) is 111 Å². The molecule has 0 radical (unpaired) electrons. The molecule has 0 aromatic heterocycles. The maximum absolute atomic E-state index is 12.9. The number of nitrogens with zero attached hydrogens (tertiary/aromatic N) is 1. The lowest BCUT2D eigenvalue weighted by molar-refractivity contribution is -0.870. The predicted octanol–water partition coefficient (Wildman–Crippen LogP) is 20.0. The summed E-state index contributed by atoms with van der Waals surface area (Å²) in [6.45, 7) is 4.62. The van der Waals surface area contributed by atoms with E-state index < -0.39 is 24.3 Å². The van der Waals surface area contributed by atoms with Gasteiger partial charge in [-0.05, 0) is 64.2 Å². The monoisotopic (exact) mass is 1150 g/mol. The Kier molecular flexibility index (Phi) is 61.2. The Bertz CT molecular complexity index is 1570. The van der Waals surface area contributed by atoms with E-state index >= 15 is 0 Å². The van der Waals surface area contributed by atoms with Crippen LogP contribution < -0.4 is 5.11 Å². The van der Waals surface area contributed by atoms with E-state index in [-0.39, 0.29) is 38.6 Å². The van der Waals surface area contributed by atoms with E-state index in [1.807, 2.05) is 21.1 Å². The highest BCUT2D eigenvalue weighted by Crippen LogP contribution is 2.18. The number of aliphatic carboxylic acids is 1. The summed E-state index contributed by atoms with van der Waals surface area (Å²) in [5.41, 5.74) is 0. The molecule has 2 unspecified atom stereocenters. The van der Waals surface area contributed by atoms with Gasteiger partial charge in [-0.2, -0.15) is 0 Å².